The summed E-state index contributed by atoms with van der Waals surface area (Å²) in [5.41, 5.74) is 13.4. The molecule has 0 fully saturated rings. The lowest BCUT2D eigenvalue weighted by molar-refractivity contribution is 0.669. The zero-order valence-corrected chi connectivity index (χ0v) is 29.9. The van der Waals surface area contributed by atoms with Gasteiger partial charge in [0, 0.05) is 44.3 Å². The summed E-state index contributed by atoms with van der Waals surface area (Å²) in [6.45, 7) is 0. The van der Waals surface area contributed by atoms with Gasteiger partial charge in [0.2, 0.25) is 0 Å². The van der Waals surface area contributed by atoms with Gasteiger partial charge in [-0.3, -0.25) is 0 Å². The smallest absolute Gasteiger partial charge is 0.136 e. The molecule has 11 rings (SSSR count). The molecule has 0 aliphatic rings. The molecule has 3 nitrogen and oxygen atoms in total. The summed E-state index contributed by atoms with van der Waals surface area (Å²) in [4.78, 5) is 2.33. The van der Waals surface area contributed by atoms with Crippen molar-refractivity contribution in [3.05, 3.63) is 206 Å². The van der Waals surface area contributed by atoms with E-state index in [-0.39, 0.29) is 0 Å². The summed E-state index contributed by atoms with van der Waals surface area (Å²) in [6, 6.07) is 74.0. The van der Waals surface area contributed by atoms with Crippen LogP contribution in [0.3, 0.4) is 0 Å². The van der Waals surface area contributed by atoms with Crippen molar-refractivity contribution in [1.29, 1.82) is 0 Å². The SMILES string of the molecule is c1ccc(N(c2ccc(-c3ccc(-n4c5ccccc5c5cc6oc7ccccc7c6cc54)cc3)cc2)c2cccc(-c3ccc4ccccc4c3)c2)cc1. The number of rotatable bonds is 6. The van der Waals surface area contributed by atoms with Crippen molar-refractivity contribution in [3.63, 3.8) is 0 Å². The highest BCUT2D eigenvalue weighted by Gasteiger charge is 2.17. The van der Waals surface area contributed by atoms with Gasteiger partial charge in [0.05, 0.1) is 11.0 Å². The molecule has 0 aliphatic carbocycles. The third-order valence-corrected chi connectivity index (χ3v) is 11.0. The summed E-state index contributed by atoms with van der Waals surface area (Å²) >= 11 is 0. The van der Waals surface area contributed by atoms with E-state index in [1.54, 1.807) is 0 Å². The highest BCUT2D eigenvalue weighted by atomic mass is 16.3. The van der Waals surface area contributed by atoms with Gasteiger partial charge in [-0.2, -0.15) is 0 Å². The standard InChI is InChI=1S/C52H34N2O/c1-2-14-41(15-3-1)53(44-16-10-13-39(32-44)40-22-21-35-11-4-5-12-38(35)31-40)42-27-23-36(24-28-42)37-25-29-43(30-26-37)54-49-19-8-6-17-45(49)47-34-52-48(33-50(47)54)46-18-7-9-20-51(46)55-52/h1-34H. The Hall–Kier alpha value is -7.36. The van der Waals surface area contributed by atoms with E-state index < -0.39 is 0 Å². The molecule has 0 saturated heterocycles. The molecule has 0 radical (unpaired) electrons. The van der Waals surface area contributed by atoms with Crippen LogP contribution in [0.2, 0.25) is 0 Å². The molecule has 0 amide bonds. The number of furan rings is 1. The van der Waals surface area contributed by atoms with E-state index in [1.165, 1.54) is 54.8 Å². The van der Waals surface area contributed by atoms with Crippen LogP contribution < -0.4 is 4.90 Å². The van der Waals surface area contributed by atoms with E-state index in [2.05, 4.69) is 204 Å². The lowest BCUT2D eigenvalue weighted by Gasteiger charge is -2.26. The summed E-state index contributed by atoms with van der Waals surface area (Å²) in [5.74, 6) is 0. The molecule has 0 bridgehead atoms. The first kappa shape index (κ1) is 31.2. The summed E-state index contributed by atoms with van der Waals surface area (Å²) < 4.78 is 8.66. The Morgan fingerprint density at radius 1 is 0.327 bits per heavy atom. The van der Waals surface area contributed by atoms with Gasteiger partial charge in [-0.1, -0.05) is 127 Å². The molecule has 0 aliphatic heterocycles. The fraction of sp³-hybridized carbons (Fsp3) is 0. The average molecular weight is 703 g/mol. The number of benzene rings is 9. The van der Waals surface area contributed by atoms with Crippen molar-refractivity contribution in [2.75, 3.05) is 4.90 Å². The quantitative estimate of drug-likeness (QED) is 0.172. The summed E-state index contributed by atoms with van der Waals surface area (Å²) in [7, 11) is 0. The Kier molecular flexibility index (Phi) is 7.17. The van der Waals surface area contributed by atoms with Crippen molar-refractivity contribution in [2.24, 2.45) is 0 Å². The van der Waals surface area contributed by atoms with Gasteiger partial charge >= 0.3 is 0 Å². The lowest BCUT2D eigenvalue weighted by atomic mass is 10.0. The van der Waals surface area contributed by atoms with Crippen LogP contribution in [0, 0.1) is 0 Å². The maximum Gasteiger partial charge on any atom is 0.136 e. The highest BCUT2D eigenvalue weighted by Crippen LogP contribution is 2.40. The second kappa shape index (κ2) is 12.6. The van der Waals surface area contributed by atoms with Crippen molar-refractivity contribution >= 4 is 71.6 Å². The predicted molar refractivity (Wildman–Crippen MR) is 231 cm³/mol. The third kappa shape index (κ3) is 5.28. The molecule has 0 saturated carbocycles. The third-order valence-electron chi connectivity index (χ3n) is 11.0. The van der Waals surface area contributed by atoms with Crippen molar-refractivity contribution in [1.82, 2.24) is 4.57 Å². The molecule has 55 heavy (non-hydrogen) atoms. The molecule has 3 heteroatoms. The molecule has 0 N–H and O–H groups in total. The van der Waals surface area contributed by atoms with Crippen LogP contribution >= 0.6 is 0 Å². The normalized spacial score (nSPS) is 11.6. The Bertz CT molecular complexity index is 3190. The van der Waals surface area contributed by atoms with Crippen molar-refractivity contribution in [2.45, 2.75) is 0 Å². The monoisotopic (exact) mass is 702 g/mol. The number of nitrogens with zero attached hydrogens (tertiary/aromatic N) is 2. The van der Waals surface area contributed by atoms with Crippen LogP contribution in [0.1, 0.15) is 0 Å². The second-order valence-electron chi connectivity index (χ2n) is 14.2. The number of hydrogen-bond acceptors (Lipinski definition) is 2. The van der Waals surface area contributed by atoms with Crippen LogP contribution in [0.15, 0.2) is 211 Å². The zero-order valence-electron chi connectivity index (χ0n) is 29.9. The molecule has 0 unspecified atom stereocenters. The maximum atomic E-state index is 6.29. The zero-order chi connectivity index (χ0) is 36.3. The molecular formula is C52H34N2O. The molecule has 9 aromatic carbocycles. The molecule has 258 valence electrons. The van der Waals surface area contributed by atoms with Crippen LogP contribution in [0.5, 0.6) is 0 Å². The van der Waals surface area contributed by atoms with Gasteiger partial charge in [-0.05, 0) is 112 Å². The average Bonchev–Trinajstić information content (AvgIpc) is 3.78. The Balaban J connectivity index is 0.953. The molecule has 0 spiro atoms. The van der Waals surface area contributed by atoms with Gasteiger partial charge in [0.25, 0.3) is 0 Å². The topological polar surface area (TPSA) is 21.3 Å². The largest absolute Gasteiger partial charge is 0.456 e. The van der Waals surface area contributed by atoms with E-state index in [0.29, 0.717) is 0 Å². The van der Waals surface area contributed by atoms with Gasteiger partial charge in [0.15, 0.2) is 0 Å². The van der Waals surface area contributed by atoms with Gasteiger partial charge in [-0.25, -0.2) is 0 Å². The number of aromatic nitrogens is 1. The number of hydrogen-bond donors (Lipinski definition) is 0. The molecule has 11 aromatic rings. The van der Waals surface area contributed by atoms with Crippen LogP contribution in [-0.4, -0.2) is 4.57 Å². The van der Waals surface area contributed by atoms with E-state index in [9.17, 15) is 0 Å². The Labute approximate surface area is 318 Å². The summed E-state index contributed by atoms with van der Waals surface area (Å²) in [5, 5.41) is 7.17. The Morgan fingerprint density at radius 3 is 1.80 bits per heavy atom. The first-order valence-electron chi connectivity index (χ1n) is 18.7. The minimum Gasteiger partial charge on any atom is -0.456 e. The number of fused-ring (bicyclic) bond motifs is 7. The molecular weight excluding hydrogens is 669 g/mol. The van der Waals surface area contributed by atoms with Gasteiger partial charge in [0.1, 0.15) is 11.2 Å². The highest BCUT2D eigenvalue weighted by molar-refractivity contribution is 6.17. The van der Waals surface area contributed by atoms with Crippen molar-refractivity contribution < 1.29 is 4.42 Å². The van der Waals surface area contributed by atoms with E-state index in [4.69, 9.17) is 4.42 Å². The number of para-hydroxylation sites is 3. The molecule has 0 atom stereocenters. The first-order valence-corrected chi connectivity index (χ1v) is 18.7. The summed E-state index contributed by atoms with van der Waals surface area (Å²) in [6.07, 6.45) is 0. The molecule has 2 heterocycles. The minimum absolute atomic E-state index is 0.915. The Morgan fingerprint density at radius 2 is 0.964 bits per heavy atom. The van der Waals surface area contributed by atoms with E-state index in [1.807, 2.05) is 12.1 Å². The second-order valence-corrected chi connectivity index (χ2v) is 14.2. The van der Waals surface area contributed by atoms with Gasteiger partial charge in [-0.15, -0.1) is 0 Å². The van der Waals surface area contributed by atoms with Crippen LogP contribution in [-0.2, 0) is 0 Å². The fourth-order valence-corrected chi connectivity index (χ4v) is 8.29. The van der Waals surface area contributed by atoms with Gasteiger partial charge < -0.3 is 13.9 Å². The van der Waals surface area contributed by atoms with Crippen LogP contribution in [0.25, 0.3) is 82.5 Å². The van der Waals surface area contributed by atoms with E-state index in [0.717, 1.165) is 44.7 Å². The van der Waals surface area contributed by atoms with E-state index >= 15 is 0 Å². The molecule has 2 aromatic heterocycles. The first-order chi connectivity index (χ1) is 27.2. The van der Waals surface area contributed by atoms with Crippen molar-refractivity contribution in [3.8, 4) is 27.9 Å². The maximum absolute atomic E-state index is 6.29. The number of anilines is 3. The predicted octanol–water partition coefficient (Wildman–Crippen LogP) is 14.6. The lowest BCUT2D eigenvalue weighted by Crippen LogP contribution is -2.09. The fourth-order valence-electron chi connectivity index (χ4n) is 8.29. The van der Waals surface area contributed by atoms with Crippen LogP contribution in [0.4, 0.5) is 17.1 Å². The minimum atomic E-state index is 0.915.